The number of anilines is 1. The maximum atomic E-state index is 13.9. The van der Waals surface area contributed by atoms with E-state index >= 15 is 0 Å². The standard InChI is InChI=1S/C21H25FN4/c1-21(2,3)14-10-11-20-23-12-18(26(20)13-14)17-8-5-9-19(25-17)24-16-7-4-6-15(16)22/h5,8-13,15-16H,4,6-7H2,1-3H3,(H,24,25)/t15-,16-/m0/s1. The van der Waals surface area contributed by atoms with Crippen molar-refractivity contribution in [2.75, 3.05) is 5.32 Å². The molecule has 1 fully saturated rings. The fourth-order valence-corrected chi connectivity index (χ4v) is 3.54. The number of fused-ring (bicyclic) bond motifs is 1. The van der Waals surface area contributed by atoms with Gasteiger partial charge in [0.15, 0.2) is 0 Å². The molecule has 4 nitrogen and oxygen atoms in total. The average molecular weight is 352 g/mol. The van der Waals surface area contributed by atoms with Crippen molar-refractivity contribution >= 4 is 11.5 Å². The van der Waals surface area contributed by atoms with Crippen LogP contribution in [0.25, 0.3) is 17.0 Å². The SMILES string of the molecule is CC(C)(C)c1ccc2ncc(-c3cccc(N[C@H]4CCC[C@@H]4F)n3)n2c1. The highest BCUT2D eigenvalue weighted by molar-refractivity contribution is 5.62. The second kappa shape index (κ2) is 6.38. The molecule has 0 radical (unpaired) electrons. The minimum Gasteiger partial charge on any atom is -0.364 e. The lowest BCUT2D eigenvalue weighted by atomic mass is 9.88. The fraction of sp³-hybridized carbons (Fsp3) is 0.429. The molecule has 5 heteroatoms. The highest BCUT2D eigenvalue weighted by Crippen LogP contribution is 2.28. The third kappa shape index (κ3) is 3.18. The molecule has 1 N–H and O–H groups in total. The number of halogens is 1. The van der Waals surface area contributed by atoms with Crippen molar-refractivity contribution in [3.63, 3.8) is 0 Å². The molecular weight excluding hydrogens is 327 g/mol. The van der Waals surface area contributed by atoms with Crippen LogP contribution in [0.5, 0.6) is 0 Å². The summed E-state index contributed by atoms with van der Waals surface area (Å²) in [6.07, 6.45) is 5.62. The van der Waals surface area contributed by atoms with Crippen LogP contribution in [-0.4, -0.2) is 26.6 Å². The lowest BCUT2D eigenvalue weighted by Gasteiger charge is -2.19. The second-order valence-electron chi connectivity index (χ2n) is 8.15. The van der Waals surface area contributed by atoms with Gasteiger partial charge < -0.3 is 5.32 Å². The Morgan fingerprint density at radius 2 is 2.00 bits per heavy atom. The molecule has 0 aliphatic heterocycles. The molecule has 0 saturated heterocycles. The molecule has 0 spiro atoms. The van der Waals surface area contributed by atoms with E-state index in [9.17, 15) is 4.39 Å². The van der Waals surface area contributed by atoms with Crippen molar-refractivity contribution in [2.45, 2.75) is 57.7 Å². The molecule has 0 unspecified atom stereocenters. The van der Waals surface area contributed by atoms with Gasteiger partial charge in [-0.3, -0.25) is 4.40 Å². The topological polar surface area (TPSA) is 42.2 Å². The smallest absolute Gasteiger partial charge is 0.137 e. The number of hydrogen-bond acceptors (Lipinski definition) is 3. The quantitative estimate of drug-likeness (QED) is 0.721. The molecule has 1 aliphatic rings. The molecule has 2 atom stereocenters. The van der Waals surface area contributed by atoms with Crippen LogP contribution in [0, 0.1) is 0 Å². The van der Waals surface area contributed by atoms with Crippen molar-refractivity contribution in [1.29, 1.82) is 0 Å². The summed E-state index contributed by atoms with van der Waals surface area (Å²) in [6.45, 7) is 6.59. The van der Waals surface area contributed by atoms with Crippen LogP contribution < -0.4 is 5.32 Å². The molecule has 0 bridgehead atoms. The van der Waals surface area contributed by atoms with E-state index in [0.717, 1.165) is 35.7 Å². The summed E-state index contributed by atoms with van der Waals surface area (Å²) in [5.74, 6) is 0.721. The monoisotopic (exact) mass is 352 g/mol. The Hall–Kier alpha value is -2.43. The molecule has 1 saturated carbocycles. The summed E-state index contributed by atoms with van der Waals surface area (Å²) in [5.41, 5.74) is 3.98. The van der Waals surface area contributed by atoms with Gasteiger partial charge in [-0.2, -0.15) is 0 Å². The normalized spacial score (nSPS) is 20.6. The maximum Gasteiger partial charge on any atom is 0.137 e. The van der Waals surface area contributed by atoms with Gasteiger partial charge in [0.1, 0.15) is 17.6 Å². The number of aromatic nitrogens is 3. The number of alkyl halides is 1. The summed E-state index contributed by atoms with van der Waals surface area (Å²) >= 11 is 0. The maximum absolute atomic E-state index is 13.9. The number of nitrogens with one attached hydrogen (secondary N) is 1. The minimum absolute atomic E-state index is 0.0607. The third-order valence-corrected chi connectivity index (χ3v) is 5.15. The Kier molecular flexibility index (Phi) is 4.17. The van der Waals surface area contributed by atoms with Crippen molar-refractivity contribution in [2.24, 2.45) is 0 Å². The zero-order valence-corrected chi connectivity index (χ0v) is 15.5. The Balaban J connectivity index is 1.70. The third-order valence-electron chi connectivity index (χ3n) is 5.15. The van der Waals surface area contributed by atoms with Crippen LogP contribution in [0.1, 0.15) is 45.6 Å². The lowest BCUT2D eigenvalue weighted by molar-refractivity contribution is 0.323. The molecule has 136 valence electrons. The number of imidazole rings is 1. The summed E-state index contributed by atoms with van der Waals surface area (Å²) in [4.78, 5) is 9.22. The van der Waals surface area contributed by atoms with Gasteiger partial charge in [0, 0.05) is 6.20 Å². The van der Waals surface area contributed by atoms with Gasteiger partial charge in [-0.15, -0.1) is 0 Å². The molecule has 3 aromatic rings. The van der Waals surface area contributed by atoms with Crippen LogP contribution in [0.3, 0.4) is 0 Å². The number of pyridine rings is 2. The molecule has 0 amide bonds. The molecule has 3 aromatic heterocycles. The Morgan fingerprint density at radius 1 is 1.15 bits per heavy atom. The van der Waals surface area contributed by atoms with Crippen LogP contribution in [0.15, 0.2) is 42.7 Å². The van der Waals surface area contributed by atoms with Crippen molar-refractivity contribution in [1.82, 2.24) is 14.4 Å². The number of nitrogens with zero attached hydrogens (tertiary/aromatic N) is 3. The minimum atomic E-state index is -0.786. The number of rotatable bonds is 3. The number of hydrogen-bond donors (Lipinski definition) is 1. The molecule has 1 aliphatic carbocycles. The summed E-state index contributed by atoms with van der Waals surface area (Å²) < 4.78 is 16.0. The highest BCUT2D eigenvalue weighted by Gasteiger charge is 2.27. The second-order valence-corrected chi connectivity index (χ2v) is 8.15. The van der Waals surface area contributed by atoms with E-state index in [2.05, 4.69) is 47.7 Å². The zero-order chi connectivity index (χ0) is 18.3. The first kappa shape index (κ1) is 17.0. The van der Waals surface area contributed by atoms with Gasteiger partial charge in [-0.05, 0) is 48.4 Å². The summed E-state index contributed by atoms with van der Waals surface area (Å²) in [7, 11) is 0. The van der Waals surface area contributed by atoms with Crippen LogP contribution in [0.2, 0.25) is 0 Å². The summed E-state index contributed by atoms with van der Waals surface area (Å²) in [5, 5.41) is 3.26. The highest BCUT2D eigenvalue weighted by atomic mass is 19.1. The fourth-order valence-electron chi connectivity index (χ4n) is 3.54. The Bertz CT molecular complexity index is 925. The molecule has 26 heavy (non-hydrogen) atoms. The molecule has 3 heterocycles. The first-order chi connectivity index (χ1) is 12.4. The van der Waals surface area contributed by atoms with Gasteiger partial charge in [-0.1, -0.05) is 32.9 Å². The largest absolute Gasteiger partial charge is 0.364 e. The average Bonchev–Trinajstić information content (AvgIpc) is 3.20. The van der Waals surface area contributed by atoms with Gasteiger partial charge >= 0.3 is 0 Å². The van der Waals surface area contributed by atoms with Gasteiger partial charge in [-0.25, -0.2) is 14.4 Å². The van der Waals surface area contributed by atoms with E-state index in [1.54, 1.807) is 0 Å². The predicted octanol–water partition coefficient (Wildman–Crippen LogP) is 5.00. The lowest BCUT2D eigenvalue weighted by Crippen LogP contribution is -2.25. The van der Waals surface area contributed by atoms with Crippen molar-refractivity contribution in [3.8, 4) is 11.4 Å². The first-order valence-corrected chi connectivity index (χ1v) is 9.27. The molecule has 0 aromatic carbocycles. The van der Waals surface area contributed by atoms with Crippen LogP contribution >= 0.6 is 0 Å². The molecule has 4 rings (SSSR count). The van der Waals surface area contributed by atoms with E-state index in [1.165, 1.54) is 5.56 Å². The van der Waals surface area contributed by atoms with E-state index < -0.39 is 6.17 Å². The van der Waals surface area contributed by atoms with Crippen LogP contribution in [-0.2, 0) is 5.41 Å². The van der Waals surface area contributed by atoms with Crippen LogP contribution in [0.4, 0.5) is 10.2 Å². The van der Waals surface area contributed by atoms with E-state index in [4.69, 9.17) is 4.98 Å². The first-order valence-electron chi connectivity index (χ1n) is 9.27. The zero-order valence-electron chi connectivity index (χ0n) is 15.5. The van der Waals surface area contributed by atoms with Gasteiger partial charge in [0.05, 0.1) is 23.6 Å². The summed E-state index contributed by atoms with van der Waals surface area (Å²) in [6, 6.07) is 9.86. The van der Waals surface area contributed by atoms with E-state index in [1.807, 2.05) is 30.5 Å². The predicted molar refractivity (Wildman–Crippen MR) is 103 cm³/mol. The van der Waals surface area contributed by atoms with Gasteiger partial charge in [0.2, 0.25) is 0 Å². The molecular formula is C21H25FN4. The Labute approximate surface area is 153 Å². The van der Waals surface area contributed by atoms with Crippen molar-refractivity contribution in [3.05, 3.63) is 48.3 Å². The van der Waals surface area contributed by atoms with E-state index in [0.29, 0.717) is 6.42 Å². The van der Waals surface area contributed by atoms with E-state index in [-0.39, 0.29) is 11.5 Å². The van der Waals surface area contributed by atoms with Gasteiger partial charge in [0.25, 0.3) is 0 Å². The Morgan fingerprint density at radius 3 is 2.73 bits per heavy atom. The van der Waals surface area contributed by atoms with Crippen molar-refractivity contribution < 1.29 is 4.39 Å².